The van der Waals surface area contributed by atoms with Crippen molar-refractivity contribution >= 4 is 22.5 Å². The first-order valence-electron chi connectivity index (χ1n) is 6.56. The molecule has 1 N–H and O–H groups in total. The number of halogens is 1. The van der Waals surface area contributed by atoms with Gasteiger partial charge in [-0.2, -0.15) is 0 Å². The van der Waals surface area contributed by atoms with E-state index >= 15 is 0 Å². The minimum absolute atomic E-state index is 0.233. The van der Waals surface area contributed by atoms with Gasteiger partial charge in [-0.25, -0.2) is 4.39 Å². The summed E-state index contributed by atoms with van der Waals surface area (Å²) in [6.07, 6.45) is 1.45. The second kappa shape index (κ2) is 5.32. The number of hydrogen-bond acceptors (Lipinski definition) is 2. The first-order valence-corrected chi connectivity index (χ1v) is 6.56. The SMILES string of the molecule is Cc1ccccc1NC(=O)c1cnc2cc(F)ccc2c1. The van der Waals surface area contributed by atoms with Gasteiger partial charge in [0.1, 0.15) is 5.82 Å². The highest BCUT2D eigenvalue weighted by Gasteiger charge is 2.09. The number of anilines is 1. The third kappa shape index (κ3) is 2.74. The Labute approximate surface area is 121 Å². The molecule has 0 saturated heterocycles. The van der Waals surface area contributed by atoms with Gasteiger partial charge < -0.3 is 5.32 Å². The van der Waals surface area contributed by atoms with E-state index in [4.69, 9.17) is 0 Å². The van der Waals surface area contributed by atoms with Crippen LogP contribution in [0.3, 0.4) is 0 Å². The predicted molar refractivity (Wildman–Crippen MR) is 80.8 cm³/mol. The molecular weight excluding hydrogens is 267 g/mol. The molecule has 0 unspecified atom stereocenters. The molecule has 1 amide bonds. The standard InChI is InChI=1S/C17H13FN2O/c1-11-4-2-3-5-15(11)20-17(21)13-8-12-6-7-14(18)9-16(12)19-10-13/h2-10H,1H3,(H,20,21). The summed E-state index contributed by atoms with van der Waals surface area (Å²) < 4.78 is 13.1. The van der Waals surface area contributed by atoms with Gasteiger partial charge in [0.15, 0.2) is 0 Å². The summed E-state index contributed by atoms with van der Waals surface area (Å²) in [7, 11) is 0. The van der Waals surface area contributed by atoms with Crippen LogP contribution in [-0.4, -0.2) is 10.9 Å². The highest BCUT2D eigenvalue weighted by Crippen LogP contribution is 2.17. The zero-order chi connectivity index (χ0) is 14.8. The summed E-state index contributed by atoms with van der Waals surface area (Å²) in [5, 5.41) is 3.58. The number of rotatable bonds is 2. The first kappa shape index (κ1) is 13.2. The zero-order valence-corrected chi connectivity index (χ0v) is 11.4. The molecule has 0 bridgehead atoms. The van der Waals surface area contributed by atoms with E-state index in [-0.39, 0.29) is 11.7 Å². The molecule has 3 nitrogen and oxygen atoms in total. The van der Waals surface area contributed by atoms with Crippen LogP contribution in [0.15, 0.2) is 54.7 Å². The Morgan fingerprint density at radius 3 is 2.76 bits per heavy atom. The normalized spacial score (nSPS) is 10.6. The van der Waals surface area contributed by atoms with E-state index in [0.717, 1.165) is 16.6 Å². The number of aromatic nitrogens is 1. The Balaban J connectivity index is 1.91. The van der Waals surface area contributed by atoms with Crippen LogP contribution < -0.4 is 5.32 Å². The fraction of sp³-hybridized carbons (Fsp3) is 0.0588. The van der Waals surface area contributed by atoms with Crippen molar-refractivity contribution < 1.29 is 9.18 Å². The van der Waals surface area contributed by atoms with Crippen molar-refractivity contribution in [1.29, 1.82) is 0 Å². The van der Waals surface area contributed by atoms with Crippen molar-refractivity contribution in [3.8, 4) is 0 Å². The Morgan fingerprint density at radius 1 is 1.14 bits per heavy atom. The number of carbonyl (C=O) groups excluding carboxylic acids is 1. The lowest BCUT2D eigenvalue weighted by atomic mass is 10.1. The van der Waals surface area contributed by atoms with Gasteiger partial charge in [0.2, 0.25) is 0 Å². The second-order valence-corrected chi connectivity index (χ2v) is 4.83. The Hall–Kier alpha value is -2.75. The topological polar surface area (TPSA) is 42.0 Å². The molecular formula is C17H13FN2O. The van der Waals surface area contributed by atoms with Crippen molar-refractivity contribution in [1.82, 2.24) is 4.98 Å². The van der Waals surface area contributed by atoms with Crippen molar-refractivity contribution in [2.24, 2.45) is 0 Å². The highest BCUT2D eigenvalue weighted by molar-refractivity contribution is 6.06. The van der Waals surface area contributed by atoms with E-state index in [9.17, 15) is 9.18 Å². The van der Waals surface area contributed by atoms with Crippen LogP contribution in [0.2, 0.25) is 0 Å². The fourth-order valence-corrected chi connectivity index (χ4v) is 2.13. The lowest BCUT2D eigenvalue weighted by molar-refractivity contribution is 0.102. The van der Waals surface area contributed by atoms with Crippen molar-refractivity contribution in [2.75, 3.05) is 5.32 Å². The van der Waals surface area contributed by atoms with Crippen LogP contribution in [0.1, 0.15) is 15.9 Å². The molecule has 3 aromatic rings. The van der Waals surface area contributed by atoms with Crippen molar-refractivity contribution in [3.05, 3.63) is 71.7 Å². The summed E-state index contributed by atoms with van der Waals surface area (Å²) in [6.45, 7) is 1.93. The van der Waals surface area contributed by atoms with Crippen LogP contribution in [0.4, 0.5) is 10.1 Å². The molecule has 0 radical (unpaired) electrons. The van der Waals surface area contributed by atoms with Crippen LogP contribution in [0, 0.1) is 12.7 Å². The third-order valence-corrected chi connectivity index (χ3v) is 3.30. The van der Waals surface area contributed by atoms with E-state index in [2.05, 4.69) is 10.3 Å². The third-order valence-electron chi connectivity index (χ3n) is 3.30. The lowest BCUT2D eigenvalue weighted by Crippen LogP contribution is -2.13. The average molecular weight is 280 g/mol. The smallest absolute Gasteiger partial charge is 0.257 e. The fourth-order valence-electron chi connectivity index (χ4n) is 2.13. The number of hydrogen-bond donors (Lipinski definition) is 1. The number of fused-ring (bicyclic) bond motifs is 1. The van der Waals surface area contributed by atoms with Gasteiger partial charge in [-0.3, -0.25) is 9.78 Å². The quantitative estimate of drug-likeness (QED) is 0.772. The van der Waals surface area contributed by atoms with Gasteiger partial charge in [0, 0.05) is 23.3 Å². The summed E-state index contributed by atoms with van der Waals surface area (Å²) in [4.78, 5) is 16.4. The molecule has 2 aromatic carbocycles. The maximum atomic E-state index is 13.1. The van der Waals surface area contributed by atoms with Gasteiger partial charge >= 0.3 is 0 Å². The van der Waals surface area contributed by atoms with Gasteiger partial charge in [0.25, 0.3) is 5.91 Å². The number of pyridine rings is 1. The van der Waals surface area contributed by atoms with Gasteiger partial charge in [0.05, 0.1) is 11.1 Å². The molecule has 1 aromatic heterocycles. The summed E-state index contributed by atoms with van der Waals surface area (Å²) >= 11 is 0. The molecule has 0 fully saturated rings. The molecule has 104 valence electrons. The zero-order valence-electron chi connectivity index (χ0n) is 11.4. The van der Waals surface area contributed by atoms with Crippen molar-refractivity contribution in [2.45, 2.75) is 6.92 Å². The monoisotopic (exact) mass is 280 g/mol. The summed E-state index contributed by atoms with van der Waals surface area (Å²) in [6, 6.07) is 13.6. The average Bonchev–Trinajstić information content (AvgIpc) is 2.49. The molecule has 0 aliphatic rings. The highest BCUT2D eigenvalue weighted by atomic mass is 19.1. The Morgan fingerprint density at radius 2 is 1.95 bits per heavy atom. The number of benzene rings is 2. The van der Waals surface area contributed by atoms with Crippen LogP contribution in [0.5, 0.6) is 0 Å². The first-order chi connectivity index (χ1) is 10.1. The Bertz CT molecular complexity index is 830. The Kier molecular flexibility index (Phi) is 3.36. The van der Waals surface area contributed by atoms with Crippen LogP contribution in [-0.2, 0) is 0 Å². The van der Waals surface area contributed by atoms with Gasteiger partial charge in [-0.1, -0.05) is 18.2 Å². The van der Waals surface area contributed by atoms with Gasteiger partial charge in [-0.15, -0.1) is 0 Å². The van der Waals surface area contributed by atoms with E-state index in [1.165, 1.54) is 18.3 Å². The molecule has 21 heavy (non-hydrogen) atoms. The molecule has 4 heteroatoms. The predicted octanol–water partition coefficient (Wildman–Crippen LogP) is 3.93. The summed E-state index contributed by atoms with van der Waals surface area (Å²) in [5.41, 5.74) is 2.73. The number of amides is 1. The minimum Gasteiger partial charge on any atom is -0.322 e. The molecule has 0 aliphatic heterocycles. The van der Waals surface area contributed by atoms with Crippen LogP contribution >= 0.6 is 0 Å². The number of nitrogens with zero attached hydrogens (tertiary/aromatic N) is 1. The number of para-hydroxylation sites is 1. The molecule has 0 atom stereocenters. The summed E-state index contributed by atoms with van der Waals surface area (Å²) in [5.74, 6) is -0.574. The van der Waals surface area contributed by atoms with Gasteiger partial charge in [-0.05, 0) is 36.8 Å². The number of carbonyl (C=O) groups is 1. The van der Waals surface area contributed by atoms with E-state index in [1.54, 1.807) is 12.1 Å². The van der Waals surface area contributed by atoms with Crippen LogP contribution in [0.25, 0.3) is 10.9 Å². The largest absolute Gasteiger partial charge is 0.322 e. The number of nitrogens with one attached hydrogen (secondary N) is 1. The van der Waals surface area contributed by atoms with E-state index in [1.807, 2.05) is 31.2 Å². The van der Waals surface area contributed by atoms with Crippen molar-refractivity contribution in [3.63, 3.8) is 0 Å². The molecule has 1 heterocycles. The maximum Gasteiger partial charge on any atom is 0.257 e. The molecule has 3 rings (SSSR count). The van der Waals surface area contributed by atoms with E-state index < -0.39 is 0 Å². The molecule has 0 aliphatic carbocycles. The molecule has 0 saturated carbocycles. The maximum absolute atomic E-state index is 13.1. The minimum atomic E-state index is -0.341. The second-order valence-electron chi connectivity index (χ2n) is 4.83. The number of aryl methyl sites for hydroxylation is 1. The van der Waals surface area contributed by atoms with E-state index in [0.29, 0.717) is 11.1 Å². The molecule has 0 spiro atoms. The lowest BCUT2D eigenvalue weighted by Gasteiger charge is -2.08.